The van der Waals surface area contributed by atoms with Crippen molar-refractivity contribution in [2.24, 2.45) is 10.7 Å². The minimum atomic E-state index is -0.318. The molecule has 7 nitrogen and oxygen atoms in total. The number of para-hydroxylation sites is 2. The van der Waals surface area contributed by atoms with Gasteiger partial charge < -0.3 is 10.5 Å². The lowest BCUT2D eigenvalue weighted by Crippen LogP contribution is -2.31. The highest BCUT2D eigenvalue weighted by molar-refractivity contribution is 5.94. The Balaban J connectivity index is 1.69. The van der Waals surface area contributed by atoms with Crippen molar-refractivity contribution in [1.29, 1.82) is 5.26 Å². The van der Waals surface area contributed by atoms with Gasteiger partial charge in [-0.2, -0.15) is 5.26 Å². The molecule has 3 aromatic rings. The Morgan fingerprint density at radius 3 is 3.00 bits per heavy atom. The zero-order chi connectivity index (χ0) is 17.9. The van der Waals surface area contributed by atoms with Gasteiger partial charge in [-0.1, -0.05) is 24.3 Å². The van der Waals surface area contributed by atoms with Gasteiger partial charge >= 0.3 is 0 Å². The molecule has 0 saturated heterocycles. The maximum Gasteiger partial charge on any atom is 0.212 e. The van der Waals surface area contributed by atoms with Crippen molar-refractivity contribution in [3.05, 3.63) is 54.1 Å². The van der Waals surface area contributed by atoms with Crippen LogP contribution in [-0.4, -0.2) is 22.1 Å². The summed E-state index contributed by atoms with van der Waals surface area (Å²) in [6.07, 6.45) is 0.871. The Hall–Kier alpha value is -3.53. The van der Waals surface area contributed by atoms with Gasteiger partial charge in [-0.3, -0.25) is 9.88 Å². The van der Waals surface area contributed by atoms with Gasteiger partial charge in [-0.05, 0) is 30.7 Å². The van der Waals surface area contributed by atoms with E-state index in [9.17, 15) is 0 Å². The summed E-state index contributed by atoms with van der Waals surface area (Å²) in [5.74, 6) is 1.75. The highest BCUT2D eigenvalue weighted by Crippen LogP contribution is 2.33. The number of anilines is 1. The third-order valence-corrected chi connectivity index (χ3v) is 4.20. The third kappa shape index (κ3) is 2.93. The summed E-state index contributed by atoms with van der Waals surface area (Å²) in [4.78, 5) is 9.18. The number of benzene rings is 2. The fraction of sp³-hybridized carbons (Fsp3) is 0.211. The van der Waals surface area contributed by atoms with E-state index in [0.29, 0.717) is 31.4 Å². The molecule has 2 heterocycles. The molecule has 1 aromatic heterocycles. The van der Waals surface area contributed by atoms with E-state index in [1.807, 2.05) is 53.1 Å². The van der Waals surface area contributed by atoms with Crippen LogP contribution in [-0.2, 0) is 0 Å². The Morgan fingerprint density at radius 1 is 1.23 bits per heavy atom. The Labute approximate surface area is 150 Å². The minimum Gasteiger partial charge on any atom is -0.494 e. The number of nitrogens with one attached hydrogen (secondary N) is 1. The van der Waals surface area contributed by atoms with E-state index < -0.39 is 0 Å². The van der Waals surface area contributed by atoms with Crippen LogP contribution in [0.15, 0.2) is 53.5 Å². The Kier molecular flexibility index (Phi) is 4.15. The molecule has 0 amide bonds. The van der Waals surface area contributed by atoms with Crippen molar-refractivity contribution < 1.29 is 4.74 Å². The van der Waals surface area contributed by atoms with E-state index in [0.717, 1.165) is 22.3 Å². The number of hydrogen-bond donors (Lipinski definition) is 2. The summed E-state index contributed by atoms with van der Waals surface area (Å²) < 4.78 is 7.78. The van der Waals surface area contributed by atoms with Gasteiger partial charge in [0.25, 0.3) is 0 Å². The number of nitrogens with two attached hydrogens (primary N) is 1. The third-order valence-electron chi connectivity index (χ3n) is 4.20. The molecule has 7 heteroatoms. The molecular formula is C19H18N6O. The molecule has 4 rings (SSSR count). The Morgan fingerprint density at radius 2 is 2.12 bits per heavy atom. The molecule has 0 bridgehead atoms. The SMILES string of the molecule is N#CCCCOc1cccc(C2N=C(N)Nc3nc4ccccc4n32)c1. The second kappa shape index (κ2) is 6.76. The maximum absolute atomic E-state index is 8.62. The van der Waals surface area contributed by atoms with Crippen molar-refractivity contribution in [3.63, 3.8) is 0 Å². The molecule has 0 saturated carbocycles. The first kappa shape index (κ1) is 16.0. The lowest BCUT2D eigenvalue weighted by Gasteiger charge is -2.24. The summed E-state index contributed by atoms with van der Waals surface area (Å²) in [6.45, 7) is 0.508. The fourth-order valence-electron chi connectivity index (χ4n) is 3.05. The summed E-state index contributed by atoms with van der Waals surface area (Å²) in [7, 11) is 0. The molecule has 1 aliphatic rings. The number of imidazole rings is 1. The van der Waals surface area contributed by atoms with E-state index >= 15 is 0 Å². The van der Waals surface area contributed by atoms with Crippen molar-refractivity contribution in [2.75, 3.05) is 11.9 Å². The molecule has 26 heavy (non-hydrogen) atoms. The first-order chi connectivity index (χ1) is 12.8. The van der Waals surface area contributed by atoms with Crippen LogP contribution in [0.1, 0.15) is 24.6 Å². The van der Waals surface area contributed by atoms with Crippen LogP contribution in [0.25, 0.3) is 11.0 Å². The van der Waals surface area contributed by atoms with Gasteiger partial charge in [0, 0.05) is 12.0 Å². The summed E-state index contributed by atoms with van der Waals surface area (Å²) in [5.41, 5.74) is 8.80. The molecule has 0 aliphatic carbocycles. The van der Waals surface area contributed by atoms with Gasteiger partial charge in [0.15, 0.2) is 12.1 Å². The molecular weight excluding hydrogens is 328 g/mol. The monoisotopic (exact) mass is 346 g/mol. The smallest absolute Gasteiger partial charge is 0.212 e. The van der Waals surface area contributed by atoms with E-state index in [1.54, 1.807) is 0 Å². The largest absolute Gasteiger partial charge is 0.494 e. The number of nitriles is 1. The van der Waals surface area contributed by atoms with Crippen molar-refractivity contribution in [1.82, 2.24) is 9.55 Å². The number of guanidine groups is 1. The van der Waals surface area contributed by atoms with Crippen LogP contribution >= 0.6 is 0 Å². The molecule has 0 fully saturated rings. The number of rotatable bonds is 5. The number of aliphatic imine (C=N–C) groups is 1. The number of nitrogens with zero attached hydrogens (tertiary/aromatic N) is 4. The second-order valence-corrected chi connectivity index (χ2v) is 5.99. The second-order valence-electron chi connectivity index (χ2n) is 5.99. The molecule has 1 atom stereocenters. The minimum absolute atomic E-state index is 0.318. The van der Waals surface area contributed by atoms with Gasteiger partial charge in [-0.25, -0.2) is 9.98 Å². The summed E-state index contributed by atoms with van der Waals surface area (Å²) in [5, 5.41) is 11.6. The molecule has 1 unspecified atom stereocenters. The number of ether oxygens (including phenoxy) is 1. The van der Waals surface area contributed by atoms with Crippen LogP contribution in [0.4, 0.5) is 5.95 Å². The van der Waals surface area contributed by atoms with E-state index in [2.05, 4.69) is 21.4 Å². The predicted molar refractivity (Wildman–Crippen MR) is 99.9 cm³/mol. The fourth-order valence-corrected chi connectivity index (χ4v) is 3.05. The molecule has 0 spiro atoms. The summed E-state index contributed by atoms with van der Waals surface area (Å²) in [6, 6.07) is 17.8. The first-order valence-corrected chi connectivity index (χ1v) is 8.43. The number of hydrogen-bond acceptors (Lipinski definition) is 6. The molecule has 0 radical (unpaired) electrons. The van der Waals surface area contributed by atoms with Crippen LogP contribution in [0, 0.1) is 11.3 Å². The zero-order valence-corrected chi connectivity index (χ0v) is 14.1. The lowest BCUT2D eigenvalue weighted by atomic mass is 10.1. The quantitative estimate of drug-likeness (QED) is 0.692. The van der Waals surface area contributed by atoms with Crippen molar-refractivity contribution in [3.8, 4) is 11.8 Å². The number of fused-ring (bicyclic) bond motifs is 3. The van der Waals surface area contributed by atoms with Crippen LogP contribution in [0.2, 0.25) is 0 Å². The molecule has 2 aromatic carbocycles. The van der Waals surface area contributed by atoms with Gasteiger partial charge in [-0.15, -0.1) is 0 Å². The van der Waals surface area contributed by atoms with Crippen LogP contribution < -0.4 is 15.8 Å². The Bertz CT molecular complexity index is 1020. The predicted octanol–water partition coefficient (Wildman–Crippen LogP) is 3.01. The molecule has 130 valence electrons. The van der Waals surface area contributed by atoms with Gasteiger partial charge in [0.05, 0.1) is 23.7 Å². The summed E-state index contributed by atoms with van der Waals surface area (Å²) >= 11 is 0. The number of unbranched alkanes of at least 4 members (excludes halogenated alkanes) is 1. The van der Waals surface area contributed by atoms with E-state index in [-0.39, 0.29) is 6.17 Å². The standard InChI is InChI=1S/C19H18N6O/c20-10-3-4-11-26-14-7-5-6-13(12-14)17-23-18(21)24-19-22-15-8-1-2-9-16(15)25(17)19/h1-2,5-9,12,17H,3-4,11H2,(H3,21,22,23,24). The van der Waals surface area contributed by atoms with E-state index in [4.69, 9.17) is 15.7 Å². The number of aromatic nitrogens is 2. The van der Waals surface area contributed by atoms with Gasteiger partial charge in [0.2, 0.25) is 5.95 Å². The highest BCUT2D eigenvalue weighted by atomic mass is 16.5. The van der Waals surface area contributed by atoms with Crippen molar-refractivity contribution >= 4 is 22.9 Å². The molecule has 1 aliphatic heterocycles. The average molecular weight is 346 g/mol. The first-order valence-electron chi connectivity index (χ1n) is 8.43. The zero-order valence-electron chi connectivity index (χ0n) is 14.1. The maximum atomic E-state index is 8.62. The molecule has 3 N–H and O–H groups in total. The lowest BCUT2D eigenvalue weighted by molar-refractivity contribution is 0.312. The van der Waals surface area contributed by atoms with Gasteiger partial charge in [0.1, 0.15) is 5.75 Å². The van der Waals surface area contributed by atoms with Crippen LogP contribution in [0.3, 0.4) is 0 Å². The van der Waals surface area contributed by atoms with E-state index in [1.165, 1.54) is 0 Å². The average Bonchev–Trinajstić information content (AvgIpc) is 3.03. The van der Waals surface area contributed by atoms with Crippen LogP contribution in [0.5, 0.6) is 5.75 Å². The topological polar surface area (TPSA) is 101 Å². The highest BCUT2D eigenvalue weighted by Gasteiger charge is 2.25. The normalized spacial score (nSPS) is 15.7. The van der Waals surface area contributed by atoms with Crippen molar-refractivity contribution in [2.45, 2.75) is 19.0 Å².